The topological polar surface area (TPSA) is 33.2 Å². The van der Waals surface area contributed by atoms with Gasteiger partial charge in [-0.25, -0.2) is 9.37 Å². The van der Waals surface area contributed by atoms with Crippen molar-refractivity contribution in [1.29, 1.82) is 0 Å². The number of aromatic nitrogens is 1. The molecule has 152 valence electrons. The Labute approximate surface area is 183 Å². The molecular formula is C24H21FN2OS2. The number of thiazole rings is 1. The summed E-state index contributed by atoms with van der Waals surface area (Å²) in [5.74, 6) is 0.680. The van der Waals surface area contributed by atoms with Gasteiger partial charge in [0.1, 0.15) is 5.82 Å². The van der Waals surface area contributed by atoms with Crippen molar-refractivity contribution in [1.82, 2.24) is 4.98 Å². The Hall–Kier alpha value is -2.70. The summed E-state index contributed by atoms with van der Waals surface area (Å²) in [4.78, 5) is 20.8. The van der Waals surface area contributed by atoms with E-state index in [0.717, 1.165) is 21.6 Å². The van der Waals surface area contributed by atoms with E-state index < -0.39 is 0 Å². The van der Waals surface area contributed by atoms with Crippen molar-refractivity contribution in [3.05, 3.63) is 89.7 Å². The van der Waals surface area contributed by atoms with Gasteiger partial charge < -0.3 is 0 Å². The van der Waals surface area contributed by atoms with Crippen molar-refractivity contribution in [2.24, 2.45) is 0 Å². The largest absolute Gasteiger partial charge is 0.283 e. The minimum Gasteiger partial charge on any atom is -0.283 e. The van der Waals surface area contributed by atoms with E-state index in [2.05, 4.69) is 24.0 Å². The van der Waals surface area contributed by atoms with E-state index in [1.54, 1.807) is 22.7 Å². The van der Waals surface area contributed by atoms with Crippen LogP contribution in [0.4, 0.5) is 9.52 Å². The number of amides is 1. The number of fused-ring (bicyclic) bond motifs is 1. The highest BCUT2D eigenvalue weighted by Crippen LogP contribution is 2.31. The van der Waals surface area contributed by atoms with Crippen molar-refractivity contribution < 1.29 is 9.18 Å². The van der Waals surface area contributed by atoms with E-state index in [4.69, 9.17) is 0 Å². The summed E-state index contributed by atoms with van der Waals surface area (Å²) < 4.78 is 14.4. The van der Waals surface area contributed by atoms with Crippen molar-refractivity contribution in [2.45, 2.75) is 24.8 Å². The normalized spacial score (nSPS) is 11.0. The van der Waals surface area contributed by atoms with Gasteiger partial charge >= 0.3 is 0 Å². The zero-order valence-corrected chi connectivity index (χ0v) is 18.2. The highest BCUT2D eigenvalue weighted by molar-refractivity contribution is 7.99. The monoisotopic (exact) mass is 436 g/mol. The zero-order valence-electron chi connectivity index (χ0n) is 16.5. The third-order valence-electron chi connectivity index (χ3n) is 4.64. The number of anilines is 1. The van der Waals surface area contributed by atoms with Gasteiger partial charge in [-0.1, -0.05) is 60.7 Å². The van der Waals surface area contributed by atoms with Gasteiger partial charge in [-0.2, -0.15) is 0 Å². The summed E-state index contributed by atoms with van der Waals surface area (Å²) in [5.41, 5.74) is 2.68. The Morgan fingerprint density at radius 3 is 2.53 bits per heavy atom. The molecule has 1 heterocycles. The fraction of sp³-hybridized carbons (Fsp3) is 0.167. The summed E-state index contributed by atoms with van der Waals surface area (Å²) >= 11 is 3.11. The maximum absolute atomic E-state index is 13.6. The smallest absolute Gasteiger partial charge is 0.233 e. The van der Waals surface area contributed by atoms with Crippen LogP contribution in [0.5, 0.6) is 0 Å². The van der Waals surface area contributed by atoms with E-state index in [-0.39, 0.29) is 18.1 Å². The minimum absolute atomic E-state index is 0.0331. The average Bonchev–Trinajstić information content (AvgIpc) is 3.17. The van der Waals surface area contributed by atoms with E-state index in [1.807, 2.05) is 42.5 Å². The molecule has 0 atom stereocenters. The number of carbonyl (C=O) groups excluding carboxylic acids is 1. The van der Waals surface area contributed by atoms with Crippen LogP contribution in [0.25, 0.3) is 10.2 Å². The number of halogens is 1. The van der Waals surface area contributed by atoms with Gasteiger partial charge in [-0.05, 0) is 47.2 Å². The van der Waals surface area contributed by atoms with Crippen LogP contribution >= 0.6 is 23.1 Å². The number of hydrogen-bond acceptors (Lipinski definition) is 4. The first kappa shape index (κ1) is 20.6. The van der Waals surface area contributed by atoms with Crippen LogP contribution in [-0.4, -0.2) is 16.6 Å². The number of benzene rings is 3. The van der Waals surface area contributed by atoms with Gasteiger partial charge in [0.2, 0.25) is 5.91 Å². The van der Waals surface area contributed by atoms with Crippen molar-refractivity contribution in [2.75, 3.05) is 10.7 Å². The lowest BCUT2D eigenvalue weighted by Crippen LogP contribution is -2.31. The highest BCUT2D eigenvalue weighted by Gasteiger charge is 2.21. The molecule has 0 aliphatic heterocycles. The van der Waals surface area contributed by atoms with Gasteiger partial charge in [-0.3, -0.25) is 9.69 Å². The minimum atomic E-state index is -0.302. The van der Waals surface area contributed by atoms with Crippen LogP contribution < -0.4 is 4.90 Å². The molecule has 0 aliphatic carbocycles. The average molecular weight is 437 g/mol. The van der Waals surface area contributed by atoms with E-state index in [9.17, 15) is 9.18 Å². The summed E-state index contributed by atoms with van der Waals surface area (Å²) in [6.07, 6.45) is 0.286. The molecule has 3 nitrogen and oxygen atoms in total. The summed E-state index contributed by atoms with van der Waals surface area (Å²) in [6.45, 7) is 2.54. The summed E-state index contributed by atoms with van der Waals surface area (Å²) in [6, 6.07) is 22.5. The van der Waals surface area contributed by atoms with Crippen LogP contribution in [0.2, 0.25) is 0 Å². The van der Waals surface area contributed by atoms with Gasteiger partial charge in [0.05, 0.1) is 23.2 Å². The standard InChI is InChI=1S/C24H21FN2OS2/c1-2-29-20-11-8-17(9-12-20)14-23(28)27(16-18-6-4-3-5-7-18)24-26-21-13-10-19(25)15-22(21)30-24/h3-13,15H,2,14,16H2,1H3. The fourth-order valence-electron chi connectivity index (χ4n) is 3.17. The molecule has 0 unspecified atom stereocenters. The molecule has 0 aliphatic rings. The SMILES string of the molecule is CCSc1ccc(CC(=O)N(Cc2ccccc2)c2nc3ccc(F)cc3s2)cc1. The van der Waals surface area contributed by atoms with Crippen molar-refractivity contribution >= 4 is 44.4 Å². The predicted molar refractivity (Wildman–Crippen MR) is 124 cm³/mol. The Balaban J connectivity index is 1.62. The van der Waals surface area contributed by atoms with Crippen LogP contribution in [0.3, 0.4) is 0 Å². The fourth-order valence-corrected chi connectivity index (χ4v) is 4.84. The molecule has 6 heteroatoms. The second-order valence-corrected chi connectivity index (χ2v) is 9.17. The predicted octanol–water partition coefficient (Wildman–Crippen LogP) is 6.32. The molecule has 0 fully saturated rings. The van der Waals surface area contributed by atoms with Crippen LogP contribution in [0.1, 0.15) is 18.1 Å². The molecular weight excluding hydrogens is 415 g/mol. The lowest BCUT2D eigenvalue weighted by molar-refractivity contribution is -0.118. The van der Waals surface area contributed by atoms with Gasteiger partial charge in [0.25, 0.3) is 0 Å². The Morgan fingerprint density at radius 2 is 1.80 bits per heavy atom. The van der Waals surface area contributed by atoms with E-state index >= 15 is 0 Å². The molecule has 30 heavy (non-hydrogen) atoms. The van der Waals surface area contributed by atoms with Gasteiger partial charge in [-0.15, -0.1) is 11.8 Å². The third kappa shape index (κ3) is 4.89. The lowest BCUT2D eigenvalue weighted by atomic mass is 10.1. The summed E-state index contributed by atoms with van der Waals surface area (Å²) in [5, 5.41) is 0.586. The highest BCUT2D eigenvalue weighted by atomic mass is 32.2. The van der Waals surface area contributed by atoms with E-state index in [0.29, 0.717) is 17.2 Å². The maximum Gasteiger partial charge on any atom is 0.233 e. The molecule has 4 aromatic rings. The number of carbonyl (C=O) groups is 1. The van der Waals surface area contributed by atoms with Gasteiger partial charge in [0.15, 0.2) is 5.13 Å². The number of thioether (sulfide) groups is 1. The lowest BCUT2D eigenvalue weighted by Gasteiger charge is -2.20. The first-order chi connectivity index (χ1) is 14.6. The molecule has 1 aromatic heterocycles. The molecule has 0 saturated carbocycles. The molecule has 0 saturated heterocycles. The molecule has 0 radical (unpaired) electrons. The Morgan fingerprint density at radius 1 is 1.03 bits per heavy atom. The number of hydrogen-bond donors (Lipinski definition) is 0. The maximum atomic E-state index is 13.6. The first-order valence-electron chi connectivity index (χ1n) is 9.74. The quantitative estimate of drug-likeness (QED) is 0.318. The molecule has 3 aromatic carbocycles. The Kier molecular flexibility index (Phi) is 6.45. The molecule has 1 amide bonds. The molecule has 0 spiro atoms. The third-order valence-corrected chi connectivity index (χ3v) is 6.58. The van der Waals surface area contributed by atoms with Crippen LogP contribution in [0, 0.1) is 5.82 Å². The molecule has 0 bridgehead atoms. The first-order valence-corrected chi connectivity index (χ1v) is 11.5. The number of nitrogens with zero attached hydrogens (tertiary/aromatic N) is 2. The van der Waals surface area contributed by atoms with Crippen molar-refractivity contribution in [3.8, 4) is 0 Å². The van der Waals surface area contributed by atoms with Crippen LogP contribution in [0.15, 0.2) is 77.7 Å². The zero-order chi connectivity index (χ0) is 20.9. The second kappa shape index (κ2) is 9.41. The second-order valence-electron chi connectivity index (χ2n) is 6.83. The van der Waals surface area contributed by atoms with E-state index in [1.165, 1.54) is 28.4 Å². The van der Waals surface area contributed by atoms with Crippen LogP contribution in [-0.2, 0) is 17.8 Å². The molecule has 0 N–H and O–H groups in total. The number of rotatable bonds is 7. The summed E-state index contributed by atoms with van der Waals surface area (Å²) in [7, 11) is 0. The van der Waals surface area contributed by atoms with Crippen molar-refractivity contribution in [3.63, 3.8) is 0 Å². The Bertz CT molecular complexity index is 1140. The molecule has 4 rings (SSSR count). The van der Waals surface area contributed by atoms with Gasteiger partial charge in [0, 0.05) is 4.90 Å².